The smallest absolute Gasteiger partial charge is 0.161 e. The van der Waals surface area contributed by atoms with Crippen LogP contribution in [0.3, 0.4) is 0 Å². The molecule has 0 radical (unpaired) electrons. The molecular weight excluding hydrogens is 298 g/mol. The van der Waals surface area contributed by atoms with Crippen LogP contribution in [0.2, 0.25) is 0 Å². The Morgan fingerprint density at radius 3 is 2.42 bits per heavy atom. The highest BCUT2D eigenvalue weighted by molar-refractivity contribution is 5.54. The summed E-state index contributed by atoms with van der Waals surface area (Å²) < 4.78 is 11.1. The molecule has 1 aliphatic rings. The summed E-state index contributed by atoms with van der Waals surface area (Å²) in [5.41, 5.74) is 3.65. The van der Waals surface area contributed by atoms with E-state index in [0.29, 0.717) is 0 Å². The highest BCUT2D eigenvalue weighted by Crippen LogP contribution is 2.46. The van der Waals surface area contributed by atoms with Crippen molar-refractivity contribution >= 4 is 0 Å². The number of nitrogens with zero attached hydrogens (tertiary/aromatic N) is 1. The number of fused-ring (bicyclic) bond motifs is 1. The minimum absolute atomic E-state index is 0.226. The Kier molecular flexibility index (Phi) is 4.63. The lowest BCUT2D eigenvalue weighted by atomic mass is 9.73. The van der Waals surface area contributed by atoms with E-state index in [4.69, 9.17) is 9.47 Å². The Hall–Kier alpha value is -2.26. The van der Waals surface area contributed by atoms with Crippen LogP contribution in [0.25, 0.3) is 0 Å². The molecule has 0 N–H and O–H groups in total. The van der Waals surface area contributed by atoms with E-state index < -0.39 is 0 Å². The molecule has 1 heterocycles. The molecule has 2 aromatic rings. The van der Waals surface area contributed by atoms with Gasteiger partial charge in [-0.15, -0.1) is 6.58 Å². The van der Waals surface area contributed by atoms with E-state index in [1.165, 1.54) is 16.7 Å². The van der Waals surface area contributed by atoms with E-state index in [9.17, 15) is 0 Å². The first-order chi connectivity index (χ1) is 11.7. The van der Waals surface area contributed by atoms with Gasteiger partial charge in [-0.05, 0) is 48.7 Å². The van der Waals surface area contributed by atoms with Crippen LogP contribution in [-0.2, 0) is 12.0 Å². The van der Waals surface area contributed by atoms with Crippen molar-refractivity contribution in [2.75, 3.05) is 27.8 Å². The van der Waals surface area contributed by atoms with Crippen LogP contribution in [0.5, 0.6) is 11.5 Å². The van der Waals surface area contributed by atoms with Gasteiger partial charge in [-0.25, -0.2) is 0 Å². The second-order valence-electron chi connectivity index (χ2n) is 6.25. The van der Waals surface area contributed by atoms with E-state index in [0.717, 1.165) is 30.9 Å². The first-order valence-electron chi connectivity index (χ1n) is 8.30. The predicted molar refractivity (Wildman–Crippen MR) is 97.9 cm³/mol. The van der Waals surface area contributed by atoms with Gasteiger partial charge in [-0.3, -0.25) is 4.90 Å². The Bertz CT molecular complexity index is 726. The Morgan fingerprint density at radius 1 is 1.12 bits per heavy atom. The second kappa shape index (κ2) is 6.70. The van der Waals surface area contributed by atoms with Crippen molar-refractivity contribution in [2.45, 2.75) is 18.4 Å². The summed E-state index contributed by atoms with van der Waals surface area (Å²) in [6.07, 6.45) is 3.85. The zero-order valence-corrected chi connectivity index (χ0v) is 14.7. The summed E-state index contributed by atoms with van der Waals surface area (Å²) in [5.74, 6) is 1.57. The maximum absolute atomic E-state index is 5.58. The average Bonchev–Trinajstić information content (AvgIpc) is 2.63. The molecule has 0 bridgehead atoms. The summed E-state index contributed by atoms with van der Waals surface area (Å²) in [6, 6.07) is 14.9. The van der Waals surface area contributed by atoms with E-state index in [1.807, 2.05) is 6.08 Å². The number of hydrogen-bond acceptors (Lipinski definition) is 3. The summed E-state index contributed by atoms with van der Waals surface area (Å²) in [6.45, 7) is 5.02. The van der Waals surface area contributed by atoms with Gasteiger partial charge in [-0.2, -0.15) is 0 Å². The Labute approximate surface area is 144 Å². The van der Waals surface area contributed by atoms with Crippen LogP contribution in [-0.4, -0.2) is 32.7 Å². The zero-order chi connectivity index (χ0) is 17.2. The molecule has 0 spiro atoms. The molecule has 2 aromatic carbocycles. The van der Waals surface area contributed by atoms with E-state index in [2.05, 4.69) is 61.0 Å². The fourth-order valence-electron chi connectivity index (χ4n) is 3.88. The first kappa shape index (κ1) is 16.6. The van der Waals surface area contributed by atoms with Crippen LogP contribution in [0.15, 0.2) is 55.1 Å². The number of hydrogen-bond donors (Lipinski definition) is 0. The van der Waals surface area contributed by atoms with Crippen LogP contribution in [0.1, 0.15) is 23.1 Å². The van der Waals surface area contributed by atoms with Gasteiger partial charge in [0.25, 0.3) is 0 Å². The van der Waals surface area contributed by atoms with Crippen LogP contribution in [0, 0.1) is 0 Å². The predicted octanol–water partition coefficient (Wildman–Crippen LogP) is 4.01. The van der Waals surface area contributed by atoms with Gasteiger partial charge in [-0.1, -0.05) is 36.4 Å². The molecule has 0 saturated heterocycles. The van der Waals surface area contributed by atoms with Crippen molar-refractivity contribution < 1.29 is 9.47 Å². The topological polar surface area (TPSA) is 21.7 Å². The lowest BCUT2D eigenvalue weighted by Gasteiger charge is -2.47. The minimum Gasteiger partial charge on any atom is -0.493 e. The van der Waals surface area contributed by atoms with E-state index in [1.54, 1.807) is 14.2 Å². The summed E-state index contributed by atoms with van der Waals surface area (Å²) in [5, 5.41) is 0. The third-order valence-corrected chi connectivity index (χ3v) is 5.11. The van der Waals surface area contributed by atoms with Crippen LogP contribution >= 0.6 is 0 Å². The molecule has 3 nitrogen and oxygen atoms in total. The lowest BCUT2D eigenvalue weighted by Crippen LogP contribution is -2.49. The van der Waals surface area contributed by atoms with Crippen LogP contribution in [0.4, 0.5) is 0 Å². The molecule has 0 saturated carbocycles. The van der Waals surface area contributed by atoms with Gasteiger partial charge in [0.15, 0.2) is 11.5 Å². The molecule has 1 atom stereocenters. The normalized spacial score (nSPS) is 20.3. The van der Waals surface area contributed by atoms with Crippen molar-refractivity contribution in [1.29, 1.82) is 0 Å². The molecule has 24 heavy (non-hydrogen) atoms. The molecular formula is C21H25NO2. The summed E-state index contributed by atoms with van der Waals surface area (Å²) in [7, 11) is 5.57. The van der Waals surface area contributed by atoms with Gasteiger partial charge >= 0.3 is 0 Å². The van der Waals surface area contributed by atoms with E-state index >= 15 is 0 Å². The highest BCUT2D eigenvalue weighted by Gasteiger charge is 2.42. The van der Waals surface area contributed by atoms with E-state index in [-0.39, 0.29) is 5.54 Å². The molecule has 3 heteroatoms. The molecule has 1 unspecified atom stereocenters. The largest absolute Gasteiger partial charge is 0.493 e. The second-order valence-corrected chi connectivity index (χ2v) is 6.25. The minimum atomic E-state index is -0.226. The summed E-state index contributed by atoms with van der Waals surface area (Å²) in [4.78, 5) is 2.43. The Balaban J connectivity index is 2.29. The standard InChI is InChI=1S/C21H25NO2/c1-5-12-21(17-9-7-6-8-10-17)18-15-20(24-4)19(23-3)14-16(18)11-13-22(21)2/h5-10,14-15H,1,11-13H2,2-4H3. The first-order valence-corrected chi connectivity index (χ1v) is 8.30. The number of likely N-dealkylation sites (N-methyl/N-ethyl adjacent to an activating group) is 1. The number of methoxy groups -OCH3 is 2. The van der Waals surface area contributed by atoms with Crippen LogP contribution < -0.4 is 9.47 Å². The Morgan fingerprint density at radius 2 is 1.79 bits per heavy atom. The fraction of sp³-hybridized carbons (Fsp3) is 0.333. The van der Waals surface area contributed by atoms with Gasteiger partial charge in [0.1, 0.15) is 0 Å². The molecule has 0 aromatic heterocycles. The number of ether oxygens (including phenoxy) is 2. The monoisotopic (exact) mass is 323 g/mol. The van der Waals surface area contributed by atoms with Crippen molar-refractivity contribution in [2.24, 2.45) is 0 Å². The van der Waals surface area contributed by atoms with Crippen molar-refractivity contribution in [1.82, 2.24) is 4.90 Å². The van der Waals surface area contributed by atoms with Crippen molar-refractivity contribution in [3.63, 3.8) is 0 Å². The molecule has 0 fully saturated rings. The summed E-state index contributed by atoms with van der Waals surface area (Å²) >= 11 is 0. The van der Waals surface area contributed by atoms with Crippen molar-refractivity contribution in [3.05, 3.63) is 71.8 Å². The van der Waals surface area contributed by atoms with Gasteiger partial charge < -0.3 is 9.47 Å². The molecule has 1 aliphatic heterocycles. The SMILES string of the molecule is C=CCC1(c2ccccc2)c2cc(OC)c(OC)cc2CCN1C. The highest BCUT2D eigenvalue weighted by atomic mass is 16.5. The third kappa shape index (κ3) is 2.49. The molecule has 0 aliphatic carbocycles. The quantitative estimate of drug-likeness (QED) is 0.776. The van der Waals surface area contributed by atoms with Gasteiger partial charge in [0, 0.05) is 6.54 Å². The lowest BCUT2D eigenvalue weighted by molar-refractivity contribution is 0.147. The van der Waals surface area contributed by atoms with Gasteiger partial charge in [0.2, 0.25) is 0 Å². The molecule has 126 valence electrons. The van der Waals surface area contributed by atoms with Crippen molar-refractivity contribution in [3.8, 4) is 11.5 Å². The zero-order valence-electron chi connectivity index (χ0n) is 14.7. The molecule has 3 rings (SSSR count). The maximum atomic E-state index is 5.58. The average molecular weight is 323 g/mol. The fourth-order valence-corrected chi connectivity index (χ4v) is 3.88. The number of rotatable bonds is 5. The van der Waals surface area contributed by atoms with Gasteiger partial charge in [0.05, 0.1) is 19.8 Å². The number of benzene rings is 2. The maximum Gasteiger partial charge on any atom is 0.161 e. The third-order valence-electron chi connectivity index (χ3n) is 5.11. The molecule has 0 amide bonds.